The van der Waals surface area contributed by atoms with E-state index in [4.69, 9.17) is 15.2 Å². The Balaban J connectivity index is 1.30. The van der Waals surface area contributed by atoms with E-state index in [1.54, 1.807) is 54.6 Å². The molecule has 0 saturated heterocycles. The average Bonchev–Trinajstić information content (AvgIpc) is 3.00. The highest BCUT2D eigenvalue weighted by atomic mass is 16.6. The van der Waals surface area contributed by atoms with Crippen LogP contribution in [0.1, 0.15) is 24.0 Å². The summed E-state index contributed by atoms with van der Waals surface area (Å²) in [6, 6.07) is 16.3. The second-order valence-electron chi connectivity index (χ2n) is 11.2. The first-order valence-corrected chi connectivity index (χ1v) is 14.0. The Hall–Kier alpha value is -5.62. The number of carbonyl (C=O) groups is 4. The number of aliphatic hydroxyl groups is 3. The smallest absolute Gasteiger partial charge is 0.417 e. The highest BCUT2D eigenvalue weighted by molar-refractivity contribution is 6.22. The summed E-state index contributed by atoms with van der Waals surface area (Å²) in [5.74, 6) is -5.90. The van der Waals surface area contributed by atoms with Crippen LogP contribution in [0.15, 0.2) is 77.6 Å². The number of rotatable bonds is 5. The summed E-state index contributed by atoms with van der Waals surface area (Å²) in [7, 11) is 1.53. The zero-order valence-corrected chi connectivity index (χ0v) is 23.9. The number of ether oxygens (including phenoxy) is 2. The van der Waals surface area contributed by atoms with E-state index in [1.807, 2.05) is 0 Å². The van der Waals surface area contributed by atoms with Crippen LogP contribution in [0.2, 0.25) is 0 Å². The van der Waals surface area contributed by atoms with E-state index in [9.17, 15) is 39.6 Å². The summed E-state index contributed by atoms with van der Waals surface area (Å²) >= 11 is 0. The van der Waals surface area contributed by atoms with Gasteiger partial charge in [0.15, 0.2) is 11.4 Å². The molecule has 6 rings (SSSR count). The monoisotopic (exact) mass is 612 g/mol. The van der Waals surface area contributed by atoms with Gasteiger partial charge in [-0.2, -0.15) is 0 Å². The van der Waals surface area contributed by atoms with Crippen molar-refractivity contribution in [1.29, 1.82) is 0 Å². The molecule has 0 aliphatic heterocycles. The van der Waals surface area contributed by atoms with E-state index in [0.29, 0.717) is 33.9 Å². The van der Waals surface area contributed by atoms with Gasteiger partial charge in [0, 0.05) is 23.6 Å². The van der Waals surface area contributed by atoms with Crippen molar-refractivity contribution >= 4 is 35.0 Å². The summed E-state index contributed by atoms with van der Waals surface area (Å²) in [4.78, 5) is 50.5. The van der Waals surface area contributed by atoms with E-state index in [-0.39, 0.29) is 29.7 Å². The summed E-state index contributed by atoms with van der Waals surface area (Å²) in [6.07, 6.45) is -0.919. The molecule has 12 nitrogen and oxygen atoms in total. The van der Waals surface area contributed by atoms with Gasteiger partial charge in [-0.1, -0.05) is 18.2 Å². The normalized spacial score (nSPS) is 22.3. The lowest BCUT2D eigenvalue weighted by Gasteiger charge is -2.46. The number of carbonyl (C=O) groups excluding carboxylic acids is 4. The third kappa shape index (κ3) is 4.75. The molecule has 0 spiro atoms. The van der Waals surface area contributed by atoms with Gasteiger partial charge < -0.3 is 35.6 Å². The third-order valence-electron chi connectivity index (χ3n) is 8.66. The van der Waals surface area contributed by atoms with Gasteiger partial charge in [-0.3, -0.25) is 19.7 Å². The molecule has 12 heteroatoms. The molecule has 3 atom stereocenters. The molecule has 230 valence electrons. The summed E-state index contributed by atoms with van der Waals surface area (Å²) in [5.41, 5.74) is 3.82. The lowest BCUT2D eigenvalue weighted by molar-refractivity contribution is -0.147. The van der Waals surface area contributed by atoms with Crippen molar-refractivity contribution in [1.82, 2.24) is 0 Å². The number of benzene rings is 3. The van der Waals surface area contributed by atoms with Gasteiger partial charge in [0.25, 0.3) is 5.91 Å². The molecule has 0 bridgehead atoms. The number of aliphatic hydroxyl groups excluding tert-OH is 2. The fourth-order valence-electron chi connectivity index (χ4n) is 6.52. The summed E-state index contributed by atoms with van der Waals surface area (Å²) in [5, 5.41) is 46.9. The predicted octanol–water partition coefficient (Wildman–Crippen LogP) is 3.71. The van der Waals surface area contributed by atoms with E-state index < -0.39 is 64.5 Å². The van der Waals surface area contributed by atoms with Crippen molar-refractivity contribution in [2.24, 2.45) is 17.6 Å². The van der Waals surface area contributed by atoms with Crippen LogP contribution in [0.25, 0.3) is 16.9 Å². The number of anilines is 1. The fourth-order valence-corrected chi connectivity index (χ4v) is 6.52. The molecule has 3 aromatic carbocycles. The highest BCUT2D eigenvalue weighted by Crippen LogP contribution is 2.53. The Morgan fingerprint density at radius 1 is 0.933 bits per heavy atom. The van der Waals surface area contributed by atoms with Crippen molar-refractivity contribution < 1.29 is 49.1 Å². The minimum atomic E-state index is -2.62. The molecule has 7 N–H and O–H groups in total. The van der Waals surface area contributed by atoms with Crippen LogP contribution in [0.3, 0.4) is 0 Å². The first kappa shape index (κ1) is 29.5. The van der Waals surface area contributed by atoms with Crippen LogP contribution in [0, 0.1) is 11.8 Å². The number of Topliss-reactive ketones (excluding diaryl/α,β-unsaturated/α-hetero) is 2. The van der Waals surface area contributed by atoms with Gasteiger partial charge in [-0.05, 0) is 77.9 Å². The molecule has 1 saturated carbocycles. The topological polar surface area (TPSA) is 206 Å². The Bertz CT molecular complexity index is 1840. The molecule has 3 aromatic rings. The van der Waals surface area contributed by atoms with Crippen molar-refractivity contribution in [3.05, 3.63) is 88.7 Å². The van der Waals surface area contributed by atoms with Gasteiger partial charge in [-0.25, -0.2) is 4.79 Å². The second-order valence-corrected chi connectivity index (χ2v) is 11.2. The first-order chi connectivity index (χ1) is 21.4. The Labute approximate surface area is 256 Å². The zero-order chi connectivity index (χ0) is 32.2. The number of methoxy groups -OCH3 is 1. The predicted molar refractivity (Wildman–Crippen MR) is 159 cm³/mol. The minimum absolute atomic E-state index is 0.00935. The Kier molecular flexibility index (Phi) is 7.09. The van der Waals surface area contributed by atoms with E-state index in [2.05, 4.69) is 5.32 Å². The van der Waals surface area contributed by atoms with Crippen molar-refractivity contribution in [3.8, 4) is 28.4 Å². The lowest BCUT2D eigenvalue weighted by atomic mass is 9.59. The third-order valence-corrected chi connectivity index (χ3v) is 8.66. The van der Waals surface area contributed by atoms with E-state index in [0.717, 1.165) is 0 Å². The van der Waals surface area contributed by atoms with Crippen LogP contribution in [-0.4, -0.2) is 56.7 Å². The largest absolute Gasteiger partial charge is 0.508 e. The number of aromatic hydroxyl groups is 1. The van der Waals surface area contributed by atoms with E-state index >= 15 is 0 Å². The number of primary amides is 1. The number of phenols is 1. The molecule has 1 fully saturated rings. The van der Waals surface area contributed by atoms with E-state index in [1.165, 1.54) is 13.2 Å². The zero-order valence-electron chi connectivity index (χ0n) is 23.9. The quantitative estimate of drug-likeness (QED) is 0.230. The molecule has 2 amide bonds. The number of nitrogens with one attached hydrogen (secondary N) is 1. The maximum Gasteiger partial charge on any atom is 0.417 e. The van der Waals surface area contributed by atoms with Crippen LogP contribution < -0.4 is 20.5 Å². The van der Waals surface area contributed by atoms with Crippen LogP contribution in [0.5, 0.6) is 17.2 Å². The Morgan fingerprint density at radius 3 is 2.24 bits per heavy atom. The number of hydrogen-bond donors (Lipinski definition) is 6. The Morgan fingerprint density at radius 2 is 1.60 bits per heavy atom. The average molecular weight is 613 g/mol. The molecule has 0 radical (unpaired) electrons. The van der Waals surface area contributed by atoms with Gasteiger partial charge in [0.2, 0.25) is 5.78 Å². The molecule has 45 heavy (non-hydrogen) atoms. The minimum Gasteiger partial charge on any atom is -0.508 e. The highest BCUT2D eigenvalue weighted by Gasteiger charge is 2.60. The molecule has 3 aliphatic rings. The number of nitrogens with two attached hydrogens (primary N) is 1. The van der Waals surface area contributed by atoms with Gasteiger partial charge >= 0.3 is 6.09 Å². The number of fused-ring (bicyclic) bond motifs is 3. The van der Waals surface area contributed by atoms with Crippen molar-refractivity contribution in [2.45, 2.75) is 24.9 Å². The fraction of sp³-hybridized carbons (Fsp3) is 0.212. The molecular weight excluding hydrogens is 584 g/mol. The standard InChI is InChI=1S/C33H28N2O10/c1-44-19-6-8-20(9-7-19)45-32(42)35-18-4-2-15(3-5-18)21-10-11-23(36)26-22(21)13-16-12-17-14-24(37)27(31(34)41)30(40)33(17,43)29(39)25(16)28(26)38/h2-11,16-17,36,38,40,43H,12-14H2,1H3,(H2,34,41)(H,35,42)/t16-,17+,33+/m1/s1. The SMILES string of the molecule is COc1ccc(OC(=O)Nc2ccc(-c3ccc(O)c4c3C[C@H]3C[C@H]5CC(=O)C(C(N)=O)=C(O)[C@@]5(O)C(=O)C3=C4O)cc2)cc1. The van der Waals surface area contributed by atoms with Gasteiger partial charge in [-0.15, -0.1) is 0 Å². The van der Waals surface area contributed by atoms with Gasteiger partial charge in [0.1, 0.15) is 34.3 Å². The van der Waals surface area contributed by atoms with Crippen LogP contribution in [-0.2, 0) is 20.8 Å². The number of amides is 2. The maximum atomic E-state index is 13.7. The number of ketones is 2. The summed E-state index contributed by atoms with van der Waals surface area (Å²) in [6.45, 7) is 0. The molecule has 0 aromatic heterocycles. The molecule has 0 unspecified atom stereocenters. The molecular formula is C33H28N2O10. The second kappa shape index (κ2) is 10.8. The van der Waals surface area contributed by atoms with Gasteiger partial charge in [0.05, 0.1) is 12.7 Å². The van der Waals surface area contributed by atoms with Crippen LogP contribution >= 0.6 is 0 Å². The van der Waals surface area contributed by atoms with Crippen LogP contribution in [0.4, 0.5) is 10.5 Å². The molecule has 0 heterocycles. The van der Waals surface area contributed by atoms with Crippen molar-refractivity contribution in [3.63, 3.8) is 0 Å². The number of hydrogen-bond acceptors (Lipinski definition) is 10. The molecule has 3 aliphatic carbocycles. The van der Waals surface area contributed by atoms with Crippen molar-refractivity contribution in [2.75, 3.05) is 12.4 Å². The lowest BCUT2D eigenvalue weighted by Crippen LogP contribution is -2.58. The number of phenolic OH excluding ortho intramolecular Hbond substituents is 1. The summed E-state index contributed by atoms with van der Waals surface area (Å²) < 4.78 is 10.4. The maximum absolute atomic E-state index is 13.7. The first-order valence-electron chi connectivity index (χ1n) is 14.0.